The number of hydrogen-bond donors (Lipinski definition) is 1. The second kappa shape index (κ2) is 8.73. The predicted molar refractivity (Wildman–Crippen MR) is 115 cm³/mol. The van der Waals surface area contributed by atoms with Crippen LogP contribution in [0.3, 0.4) is 0 Å². The lowest BCUT2D eigenvalue weighted by Crippen LogP contribution is -2.47. The molecule has 1 aromatic heterocycles. The lowest BCUT2D eigenvalue weighted by Gasteiger charge is -2.31. The number of rotatable bonds is 5. The minimum absolute atomic E-state index is 0.0545. The number of amides is 1. The number of likely N-dealkylation sites (N-methyl/N-ethyl adjacent to an activating group) is 1. The molecule has 1 saturated heterocycles. The number of nitrogens with one attached hydrogen (secondary N) is 1. The van der Waals surface area contributed by atoms with Crippen LogP contribution in [-0.2, 0) is 10.0 Å². The van der Waals surface area contributed by atoms with Crippen LogP contribution in [0.4, 0.5) is 10.1 Å². The average molecular weight is 460 g/mol. The molecule has 1 N–H and O–H groups in total. The Labute approximate surface area is 184 Å². The summed E-state index contributed by atoms with van der Waals surface area (Å²) in [5.74, 6) is -0.695. The molecule has 2 aromatic carbocycles. The standard InChI is InChI=1S/C20H22FN7O3S/c1-14-23-24-25-28(14)19-13-16(6-7-18(19)21)22-20(29)15-4-3-5-17(12-15)32(30,31)27-10-8-26(2)9-11-27/h3-7,12-13H,8-11H2,1-2H3,(H,22,29). The number of tetrazole rings is 1. The number of anilines is 1. The zero-order valence-corrected chi connectivity index (χ0v) is 18.4. The zero-order valence-electron chi connectivity index (χ0n) is 17.6. The number of carbonyl (C=O) groups excluding carboxylic acids is 1. The van der Waals surface area contributed by atoms with Gasteiger partial charge in [0.05, 0.1) is 4.90 Å². The second-order valence-electron chi connectivity index (χ2n) is 7.49. The first kappa shape index (κ1) is 22.0. The molecule has 0 aliphatic carbocycles. The third-order valence-corrected chi connectivity index (χ3v) is 7.15. The minimum atomic E-state index is -3.71. The van der Waals surface area contributed by atoms with E-state index in [1.807, 2.05) is 7.05 Å². The van der Waals surface area contributed by atoms with Crippen molar-refractivity contribution in [1.82, 2.24) is 29.4 Å². The molecule has 168 valence electrons. The summed E-state index contributed by atoms with van der Waals surface area (Å²) in [6, 6.07) is 9.87. The monoisotopic (exact) mass is 459 g/mol. The number of benzene rings is 2. The predicted octanol–water partition coefficient (Wildman–Crippen LogP) is 1.30. The molecule has 10 nitrogen and oxygen atoms in total. The molecule has 0 radical (unpaired) electrons. The van der Waals surface area contributed by atoms with Crippen molar-refractivity contribution in [3.8, 4) is 5.69 Å². The first-order valence-electron chi connectivity index (χ1n) is 9.91. The Balaban J connectivity index is 1.56. The molecule has 0 bridgehead atoms. The Morgan fingerprint density at radius 1 is 1.09 bits per heavy atom. The van der Waals surface area contributed by atoms with Gasteiger partial charge in [0.2, 0.25) is 10.0 Å². The van der Waals surface area contributed by atoms with Crippen LogP contribution in [0.15, 0.2) is 47.4 Å². The lowest BCUT2D eigenvalue weighted by molar-refractivity contribution is 0.102. The van der Waals surface area contributed by atoms with Crippen LogP contribution in [0.1, 0.15) is 16.2 Å². The number of nitrogens with zero attached hydrogens (tertiary/aromatic N) is 6. The molecule has 1 amide bonds. The minimum Gasteiger partial charge on any atom is -0.322 e. The van der Waals surface area contributed by atoms with E-state index in [4.69, 9.17) is 0 Å². The van der Waals surface area contributed by atoms with E-state index < -0.39 is 21.7 Å². The van der Waals surface area contributed by atoms with Crippen LogP contribution in [-0.4, -0.2) is 77.0 Å². The summed E-state index contributed by atoms with van der Waals surface area (Å²) in [6.07, 6.45) is 0. The highest BCUT2D eigenvalue weighted by Gasteiger charge is 2.28. The topological polar surface area (TPSA) is 113 Å². The molecule has 0 atom stereocenters. The highest BCUT2D eigenvalue weighted by atomic mass is 32.2. The van der Waals surface area contributed by atoms with Crippen molar-refractivity contribution in [2.75, 3.05) is 38.5 Å². The van der Waals surface area contributed by atoms with Crippen molar-refractivity contribution >= 4 is 21.6 Å². The molecule has 2 heterocycles. The van der Waals surface area contributed by atoms with Gasteiger partial charge in [-0.15, -0.1) is 5.10 Å². The van der Waals surface area contributed by atoms with E-state index in [9.17, 15) is 17.6 Å². The number of aromatic nitrogens is 4. The smallest absolute Gasteiger partial charge is 0.255 e. The van der Waals surface area contributed by atoms with Crippen molar-refractivity contribution in [3.05, 3.63) is 59.7 Å². The van der Waals surface area contributed by atoms with Gasteiger partial charge >= 0.3 is 0 Å². The van der Waals surface area contributed by atoms with E-state index in [-0.39, 0.29) is 16.1 Å². The van der Waals surface area contributed by atoms with Gasteiger partial charge < -0.3 is 10.2 Å². The summed E-state index contributed by atoms with van der Waals surface area (Å²) in [5, 5.41) is 13.6. The molecule has 0 unspecified atom stereocenters. The highest BCUT2D eigenvalue weighted by molar-refractivity contribution is 7.89. The Hall–Kier alpha value is -3.22. The Morgan fingerprint density at radius 3 is 2.53 bits per heavy atom. The second-order valence-corrected chi connectivity index (χ2v) is 9.43. The number of aryl methyl sites for hydroxylation is 1. The van der Waals surface area contributed by atoms with E-state index in [2.05, 4.69) is 25.7 Å². The van der Waals surface area contributed by atoms with E-state index in [1.54, 1.807) is 6.92 Å². The van der Waals surface area contributed by atoms with Gasteiger partial charge in [0.15, 0.2) is 5.82 Å². The number of carbonyl (C=O) groups is 1. The number of hydrogen-bond acceptors (Lipinski definition) is 7. The normalized spacial score (nSPS) is 15.6. The molecular formula is C20H22FN7O3S. The SMILES string of the molecule is Cc1nnnn1-c1cc(NC(=O)c2cccc(S(=O)(=O)N3CCN(C)CC3)c2)ccc1F. The maximum absolute atomic E-state index is 14.3. The van der Waals surface area contributed by atoms with Gasteiger partial charge in [0, 0.05) is 37.4 Å². The van der Waals surface area contributed by atoms with Gasteiger partial charge in [0.1, 0.15) is 11.5 Å². The van der Waals surface area contributed by atoms with E-state index >= 15 is 0 Å². The number of halogens is 1. The molecule has 4 rings (SSSR count). The Bertz CT molecular complexity index is 1250. The Kier molecular flexibility index (Phi) is 6.00. The van der Waals surface area contributed by atoms with Crippen molar-refractivity contribution in [2.24, 2.45) is 0 Å². The van der Waals surface area contributed by atoms with Gasteiger partial charge in [-0.1, -0.05) is 6.07 Å². The van der Waals surface area contributed by atoms with Gasteiger partial charge in [-0.25, -0.2) is 12.8 Å². The Morgan fingerprint density at radius 2 is 1.84 bits per heavy atom. The molecule has 32 heavy (non-hydrogen) atoms. The summed E-state index contributed by atoms with van der Waals surface area (Å²) in [4.78, 5) is 14.9. The van der Waals surface area contributed by atoms with Gasteiger partial charge in [0.25, 0.3) is 5.91 Å². The molecular weight excluding hydrogens is 437 g/mol. The van der Waals surface area contributed by atoms with Crippen molar-refractivity contribution < 1.29 is 17.6 Å². The number of piperazine rings is 1. The average Bonchev–Trinajstić information content (AvgIpc) is 3.21. The summed E-state index contributed by atoms with van der Waals surface area (Å²) in [6.45, 7) is 3.70. The van der Waals surface area contributed by atoms with Crippen LogP contribution in [0, 0.1) is 12.7 Å². The molecule has 12 heteroatoms. The zero-order chi connectivity index (χ0) is 22.9. The van der Waals surface area contributed by atoms with Crippen molar-refractivity contribution in [1.29, 1.82) is 0 Å². The third-order valence-electron chi connectivity index (χ3n) is 5.25. The van der Waals surface area contributed by atoms with Crippen LogP contribution >= 0.6 is 0 Å². The van der Waals surface area contributed by atoms with Crippen LogP contribution in [0.2, 0.25) is 0 Å². The highest BCUT2D eigenvalue weighted by Crippen LogP contribution is 2.22. The molecule has 0 saturated carbocycles. The fourth-order valence-electron chi connectivity index (χ4n) is 3.39. The van der Waals surface area contributed by atoms with Crippen molar-refractivity contribution in [3.63, 3.8) is 0 Å². The van der Waals surface area contributed by atoms with Gasteiger partial charge in [-0.05, 0) is 60.8 Å². The maximum Gasteiger partial charge on any atom is 0.255 e. The summed E-state index contributed by atoms with van der Waals surface area (Å²) in [7, 11) is -1.77. The summed E-state index contributed by atoms with van der Waals surface area (Å²) < 4.78 is 42.9. The largest absolute Gasteiger partial charge is 0.322 e. The summed E-state index contributed by atoms with van der Waals surface area (Å²) in [5.41, 5.74) is 0.565. The maximum atomic E-state index is 14.3. The van der Waals surface area contributed by atoms with Crippen LogP contribution in [0.5, 0.6) is 0 Å². The first-order valence-corrected chi connectivity index (χ1v) is 11.3. The summed E-state index contributed by atoms with van der Waals surface area (Å²) >= 11 is 0. The first-order chi connectivity index (χ1) is 15.3. The van der Waals surface area contributed by atoms with E-state index in [0.29, 0.717) is 37.7 Å². The molecule has 1 fully saturated rings. The fraction of sp³-hybridized carbons (Fsp3) is 0.300. The third kappa shape index (κ3) is 4.38. The molecule has 3 aromatic rings. The molecule has 0 spiro atoms. The fourth-order valence-corrected chi connectivity index (χ4v) is 4.85. The molecule has 1 aliphatic heterocycles. The van der Waals surface area contributed by atoms with Gasteiger partial charge in [-0.2, -0.15) is 8.99 Å². The number of sulfonamides is 1. The van der Waals surface area contributed by atoms with E-state index in [0.717, 1.165) is 0 Å². The van der Waals surface area contributed by atoms with Gasteiger partial charge in [-0.3, -0.25) is 4.79 Å². The lowest BCUT2D eigenvalue weighted by atomic mass is 10.2. The van der Waals surface area contributed by atoms with Crippen molar-refractivity contribution in [2.45, 2.75) is 11.8 Å². The van der Waals surface area contributed by atoms with Crippen LogP contribution < -0.4 is 5.32 Å². The quantitative estimate of drug-likeness (QED) is 0.612. The molecule has 1 aliphatic rings. The van der Waals surface area contributed by atoms with E-state index in [1.165, 1.54) is 51.5 Å². The van der Waals surface area contributed by atoms with Crippen LogP contribution in [0.25, 0.3) is 5.69 Å².